The highest BCUT2D eigenvalue weighted by Crippen LogP contribution is 2.59. The van der Waals surface area contributed by atoms with Crippen molar-refractivity contribution in [2.45, 2.75) is 5.41 Å². The molecule has 1 aliphatic rings. The summed E-state index contributed by atoms with van der Waals surface area (Å²) in [5.41, 5.74) is 10.1. The zero-order chi connectivity index (χ0) is 39.4. The van der Waals surface area contributed by atoms with Gasteiger partial charge in [0.15, 0.2) is 7.14 Å². The number of anilines is 3. The predicted molar refractivity (Wildman–Crippen MR) is 251 cm³/mol. The Kier molecular flexibility index (Phi) is 8.55. The summed E-state index contributed by atoms with van der Waals surface area (Å²) in [5, 5.41) is 4.82. The lowest BCUT2D eigenvalue weighted by Gasteiger charge is -2.35. The third-order valence-electron chi connectivity index (χ3n) is 12.0. The maximum atomic E-state index is 15.6. The number of hydrogen-bond acceptors (Lipinski definition) is 3. The molecule has 0 saturated carbocycles. The van der Waals surface area contributed by atoms with Crippen LogP contribution in [0.2, 0.25) is 0 Å². The van der Waals surface area contributed by atoms with Crippen LogP contribution in [0.25, 0.3) is 31.3 Å². The molecule has 1 aliphatic carbocycles. The molecule has 0 bridgehead atoms. The zero-order valence-corrected chi connectivity index (χ0v) is 33.9. The molecule has 10 aromatic rings. The van der Waals surface area contributed by atoms with Gasteiger partial charge in [-0.1, -0.05) is 164 Å². The first-order valence-electron chi connectivity index (χ1n) is 20.0. The van der Waals surface area contributed by atoms with Crippen LogP contribution in [0.15, 0.2) is 231 Å². The molecule has 280 valence electrons. The van der Waals surface area contributed by atoms with Gasteiger partial charge in [-0.2, -0.15) is 0 Å². The van der Waals surface area contributed by atoms with Crippen molar-refractivity contribution in [3.63, 3.8) is 0 Å². The molecule has 0 aliphatic heterocycles. The van der Waals surface area contributed by atoms with E-state index in [-0.39, 0.29) is 0 Å². The lowest BCUT2D eigenvalue weighted by Crippen LogP contribution is -2.28. The van der Waals surface area contributed by atoms with E-state index < -0.39 is 12.6 Å². The summed E-state index contributed by atoms with van der Waals surface area (Å²) in [6.07, 6.45) is 0. The van der Waals surface area contributed by atoms with Crippen LogP contribution >= 0.6 is 18.5 Å². The normalized spacial score (nSPS) is 12.9. The molecule has 1 aromatic heterocycles. The highest BCUT2D eigenvalue weighted by molar-refractivity contribution is 7.85. The Hall–Kier alpha value is -6.77. The summed E-state index contributed by atoms with van der Waals surface area (Å²) in [6, 6.07) is 81.7. The van der Waals surface area contributed by atoms with Gasteiger partial charge in [0.2, 0.25) is 0 Å². The van der Waals surface area contributed by atoms with Crippen LogP contribution in [0.5, 0.6) is 0 Å². The first-order valence-corrected chi connectivity index (χ1v) is 22.6. The average molecular weight is 792 g/mol. The molecule has 59 heavy (non-hydrogen) atoms. The van der Waals surface area contributed by atoms with Gasteiger partial charge in [0.1, 0.15) is 0 Å². The fourth-order valence-electron chi connectivity index (χ4n) is 9.39. The second-order valence-corrected chi connectivity index (χ2v) is 19.0. The topological polar surface area (TPSA) is 20.3 Å². The van der Waals surface area contributed by atoms with Gasteiger partial charge >= 0.3 is 0 Å². The lowest BCUT2D eigenvalue weighted by atomic mass is 9.67. The van der Waals surface area contributed by atoms with Gasteiger partial charge in [0.25, 0.3) is 0 Å². The Morgan fingerprint density at radius 2 is 0.847 bits per heavy atom. The number of hydrogen-bond donors (Lipinski definition) is 0. The van der Waals surface area contributed by atoms with Gasteiger partial charge in [-0.15, -0.1) is 11.3 Å². The summed E-state index contributed by atoms with van der Waals surface area (Å²) in [5.74, 6) is 0. The molecule has 11 rings (SSSR count). The summed E-state index contributed by atoms with van der Waals surface area (Å²) >= 11 is 1.81. The molecule has 0 radical (unpaired) electrons. The minimum Gasteiger partial charge on any atom is -0.310 e. The van der Waals surface area contributed by atoms with E-state index in [0.717, 1.165) is 38.4 Å². The van der Waals surface area contributed by atoms with Crippen molar-refractivity contribution < 1.29 is 4.57 Å². The highest BCUT2D eigenvalue weighted by Gasteiger charge is 2.47. The first kappa shape index (κ1) is 35.4. The molecule has 0 amide bonds. The fourth-order valence-corrected chi connectivity index (χ4v) is 13.2. The summed E-state index contributed by atoms with van der Waals surface area (Å²) in [6.45, 7) is 0. The van der Waals surface area contributed by atoms with Gasteiger partial charge < -0.3 is 9.46 Å². The number of nitrogens with zero attached hydrogens (tertiary/aromatic N) is 1. The maximum Gasteiger partial charge on any atom is 0.171 e. The average Bonchev–Trinajstić information content (AvgIpc) is 3.82. The van der Waals surface area contributed by atoms with Gasteiger partial charge in [-0.25, -0.2) is 0 Å². The number of fused-ring (bicyclic) bond motifs is 6. The monoisotopic (exact) mass is 791 g/mol. The fraction of sp³-hybridized carbons (Fsp3) is 0.0182. The van der Waals surface area contributed by atoms with Crippen molar-refractivity contribution in [3.8, 4) is 11.1 Å². The van der Waals surface area contributed by atoms with Crippen LogP contribution in [0.1, 0.15) is 22.3 Å². The molecule has 1 heterocycles. The smallest absolute Gasteiger partial charge is 0.171 e. The third-order valence-corrected chi connectivity index (χ3v) is 16.2. The van der Waals surface area contributed by atoms with Gasteiger partial charge in [-0.05, 0) is 100 Å². The van der Waals surface area contributed by atoms with Crippen LogP contribution in [0.3, 0.4) is 0 Å². The number of benzene rings is 9. The molecule has 0 N–H and O–H groups in total. The summed E-state index contributed by atoms with van der Waals surface area (Å²) in [7, 11) is -3.19. The SMILES string of the molecule is O=P(c1ccccc1)(c1ccccc1)c1ccc2sc3cc4c(cc3c2c1)C(c1ccccc1)(c1ccccc1)c1cc(N(c2ccccc2)c2ccccc2)ccc1-4. The van der Waals surface area contributed by atoms with E-state index in [1.54, 1.807) is 0 Å². The van der Waals surface area contributed by atoms with Crippen LogP contribution < -0.4 is 20.8 Å². The van der Waals surface area contributed by atoms with Crippen molar-refractivity contribution in [3.05, 3.63) is 253 Å². The quantitative estimate of drug-likeness (QED) is 0.143. The largest absolute Gasteiger partial charge is 0.310 e. The number of thiophene rings is 1. The minimum absolute atomic E-state index is 0.619. The van der Waals surface area contributed by atoms with Crippen molar-refractivity contribution in [1.82, 2.24) is 0 Å². The number of para-hydroxylation sites is 2. The lowest BCUT2D eigenvalue weighted by molar-refractivity contribution is 0.592. The Labute approximate surface area is 348 Å². The predicted octanol–water partition coefficient (Wildman–Crippen LogP) is 13.5. The van der Waals surface area contributed by atoms with Crippen molar-refractivity contribution in [2.75, 3.05) is 4.90 Å². The Morgan fingerprint density at radius 1 is 0.373 bits per heavy atom. The molecule has 0 saturated heterocycles. The third kappa shape index (κ3) is 5.58. The Balaban J connectivity index is 1.19. The molecule has 4 heteroatoms. The molecular formula is C55H38NOPS. The van der Waals surface area contributed by atoms with Gasteiger partial charge in [0.05, 0.1) is 5.41 Å². The van der Waals surface area contributed by atoms with E-state index in [4.69, 9.17) is 0 Å². The molecule has 0 fully saturated rings. The van der Waals surface area contributed by atoms with Crippen molar-refractivity contribution in [1.29, 1.82) is 0 Å². The van der Waals surface area contributed by atoms with Gasteiger partial charge in [0, 0.05) is 53.1 Å². The highest BCUT2D eigenvalue weighted by atomic mass is 32.1. The number of rotatable bonds is 8. The molecule has 0 unspecified atom stereocenters. The molecule has 0 atom stereocenters. The molecule has 0 spiro atoms. The van der Waals surface area contributed by atoms with E-state index in [0.29, 0.717) is 0 Å². The van der Waals surface area contributed by atoms with E-state index in [1.807, 2.05) is 72.0 Å². The van der Waals surface area contributed by atoms with Crippen LogP contribution in [0.4, 0.5) is 17.1 Å². The summed E-state index contributed by atoms with van der Waals surface area (Å²) < 4.78 is 18.0. The van der Waals surface area contributed by atoms with Crippen LogP contribution in [-0.4, -0.2) is 0 Å². The second-order valence-electron chi connectivity index (χ2n) is 15.2. The minimum atomic E-state index is -3.19. The first-order chi connectivity index (χ1) is 29.1. The standard InChI is InChI=1S/C55H38NOPS/c57-58(44-27-15-5-16-28-44,45-29-17-6-18-30-45)46-32-34-53-49(36-46)50-37-52-48(38-54(50)59-53)47-33-31-43(56(41-23-11-3-12-24-41)42-25-13-4-14-26-42)35-51(47)55(52,39-19-7-1-8-20-39)40-21-9-2-10-22-40/h1-38H. The van der Waals surface area contributed by atoms with Gasteiger partial charge in [-0.3, -0.25) is 0 Å². The maximum absolute atomic E-state index is 15.6. The Morgan fingerprint density at radius 3 is 1.39 bits per heavy atom. The Bertz CT molecular complexity index is 3050. The molecular weight excluding hydrogens is 754 g/mol. The van der Waals surface area contributed by atoms with E-state index >= 15 is 4.57 Å². The van der Waals surface area contributed by atoms with Crippen LogP contribution in [-0.2, 0) is 9.98 Å². The zero-order valence-electron chi connectivity index (χ0n) is 32.2. The molecule has 9 aromatic carbocycles. The van der Waals surface area contributed by atoms with Crippen molar-refractivity contribution >= 4 is 71.6 Å². The summed E-state index contributed by atoms with van der Waals surface area (Å²) in [4.78, 5) is 2.36. The van der Waals surface area contributed by atoms with Crippen molar-refractivity contribution in [2.24, 2.45) is 0 Å². The van der Waals surface area contributed by atoms with E-state index in [2.05, 4.69) is 175 Å². The van der Waals surface area contributed by atoms with E-state index in [9.17, 15) is 0 Å². The second kappa shape index (κ2) is 14.3. The van der Waals surface area contributed by atoms with Crippen LogP contribution in [0, 0.1) is 0 Å². The molecule has 2 nitrogen and oxygen atoms in total. The van der Waals surface area contributed by atoms with E-state index in [1.165, 1.54) is 48.2 Å².